The molecule has 0 spiro atoms. The van der Waals surface area contributed by atoms with E-state index < -0.39 is 12.0 Å². The van der Waals surface area contributed by atoms with Crippen molar-refractivity contribution < 1.29 is 14.3 Å². The van der Waals surface area contributed by atoms with Crippen LogP contribution in [0.5, 0.6) is 0 Å². The fourth-order valence-electron chi connectivity index (χ4n) is 4.55. The van der Waals surface area contributed by atoms with Crippen LogP contribution in [0.15, 0.2) is 61.2 Å². The van der Waals surface area contributed by atoms with Crippen molar-refractivity contribution >= 4 is 35.1 Å². The second kappa shape index (κ2) is 10.3. The average Bonchev–Trinajstić information content (AvgIpc) is 2.77. The quantitative estimate of drug-likeness (QED) is 0.365. The molecule has 1 aliphatic rings. The first-order valence-electron chi connectivity index (χ1n) is 10.4. The third-order valence-corrected chi connectivity index (χ3v) is 6.45. The van der Waals surface area contributed by atoms with Crippen molar-refractivity contribution in [2.24, 2.45) is 5.92 Å². The van der Waals surface area contributed by atoms with E-state index in [-0.39, 0.29) is 23.8 Å². The highest BCUT2D eigenvalue weighted by atomic mass is 35.5. The Labute approximate surface area is 193 Å². The lowest BCUT2D eigenvalue weighted by molar-refractivity contribution is -0.160. The molecule has 2 aromatic carbocycles. The van der Waals surface area contributed by atoms with Gasteiger partial charge in [0.2, 0.25) is 5.91 Å². The average molecular weight is 460 g/mol. The number of benzene rings is 2. The molecule has 3 rings (SSSR count). The first kappa shape index (κ1) is 23.4. The Balaban J connectivity index is 2.20. The minimum absolute atomic E-state index is 0.0544. The highest BCUT2D eigenvalue weighted by molar-refractivity contribution is 6.30. The van der Waals surface area contributed by atoms with Crippen LogP contribution in [0, 0.1) is 5.92 Å². The van der Waals surface area contributed by atoms with Crippen LogP contribution in [0.2, 0.25) is 10.0 Å². The van der Waals surface area contributed by atoms with Gasteiger partial charge in [0.05, 0.1) is 13.2 Å². The standard InChI is InChI=1S/C25H27Cl2NO3/c1-4-7-18-15-21(17-8-6-9-20(27)14-17)23(16-10-12-19(26)13-11-16)28(24(18)29)22(5-2)25(30)31-3/h4,6,8-14,18,21-23H,1,5,7,15H2,2-3H3/t18-,21-,22+,23-/m1/s1. The number of carbonyl (C=O) groups excluding carboxylic acids is 2. The van der Waals surface area contributed by atoms with Crippen molar-refractivity contribution in [3.05, 3.63) is 82.4 Å². The summed E-state index contributed by atoms with van der Waals surface area (Å²) in [6.07, 6.45) is 3.38. The first-order chi connectivity index (χ1) is 14.9. The SMILES string of the molecule is C=CC[C@@H]1C[C@H](c2cccc(Cl)c2)[C@@H](c2ccc(Cl)cc2)N([C@@H](CC)C(=O)OC)C1=O. The molecule has 0 radical (unpaired) electrons. The molecule has 1 heterocycles. The summed E-state index contributed by atoms with van der Waals surface area (Å²) in [7, 11) is 1.35. The van der Waals surface area contributed by atoms with Crippen molar-refractivity contribution in [3.63, 3.8) is 0 Å². The molecule has 1 saturated heterocycles. The molecular weight excluding hydrogens is 433 g/mol. The number of ether oxygens (including phenoxy) is 1. The molecule has 31 heavy (non-hydrogen) atoms. The topological polar surface area (TPSA) is 46.6 Å². The molecule has 0 unspecified atom stereocenters. The Morgan fingerprint density at radius 3 is 2.48 bits per heavy atom. The Bertz CT molecular complexity index is 944. The predicted octanol–water partition coefficient (Wildman–Crippen LogP) is 6.19. The molecule has 164 valence electrons. The van der Waals surface area contributed by atoms with E-state index in [4.69, 9.17) is 27.9 Å². The normalized spacial score (nSPS) is 22.1. The maximum absolute atomic E-state index is 13.6. The molecule has 1 aliphatic heterocycles. The number of carbonyl (C=O) groups is 2. The third-order valence-electron chi connectivity index (χ3n) is 5.96. The van der Waals surface area contributed by atoms with Crippen LogP contribution < -0.4 is 0 Å². The predicted molar refractivity (Wildman–Crippen MR) is 124 cm³/mol. The summed E-state index contributed by atoms with van der Waals surface area (Å²) in [5.74, 6) is -0.806. The van der Waals surface area contributed by atoms with E-state index >= 15 is 0 Å². The van der Waals surface area contributed by atoms with Gasteiger partial charge in [0.1, 0.15) is 6.04 Å². The number of piperidine rings is 1. The second-order valence-corrected chi connectivity index (χ2v) is 8.68. The lowest BCUT2D eigenvalue weighted by atomic mass is 9.74. The second-order valence-electron chi connectivity index (χ2n) is 7.81. The van der Waals surface area contributed by atoms with Crippen molar-refractivity contribution in [3.8, 4) is 0 Å². The van der Waals surface area contributed by atoms with Gasteiger partial charge in [-0.2, -0.15) is 0 Å². The van der Waals surface area contributed by atoms with E-state index in [1.54, 1.807) is 11.0 Å². The Morgan fingerprint density at radius 2 is 1.90 bits per heavy atom. The Kier molecular flexibility index (Phi) is 7.79. The summed E-state index contributed by atoms with van der Waals surface area (Å²) in [4.78, 5) is 28.1. The zero-order chi connectivity index (χ0) is 22.5. The first-order valence-corrected chi connectivity index (χ1v) is 11.2. The summed E-state index contributed by atoms with van der Waals surface area (Å²) >= 11 is 12.4. The van der Waals surface area contributed by atoms with E-state index in [1.165, 1.54) is 7.11 Å². The van der Waals surface area contributed by atoms with Crippen molar-refractivity contribution in [2.45, 2.75) is 44.2 Å². The molecule has 4 nitrogen and oxygen atoms in total. The molecular formula is C25H27Cl2NO3. The molecule has 2 aromatic rings. The van der Waals surface area contributed by atoms with Gasteiger partial charge >= 0.3 is 5.97 Å². The van der Waals surface area contributed by atoms with Crippen molar-refractivity contribution in [1.82, 2.24) is 4.90 Å². The summed E-state index contributed by atoms with van der Waals surface area (Å²) in [6.45, 7) is 5.72. The number of esters is 1. The molecule has 6 heteroatoms. The zero-order valence-electron chi connectivity index (χ0n) is 17.8. The van der Waals surface area contributed by atoms with Gasteiger partial charge in [-0.05, 0) is 54.7 Å². The molecule has 0 saturated carbocycles. The number of methoxy groups -OCH3 is 1. The molecule has 1 amide bonds. The van der Waals surface area contributed by atoms with Gasteiger partial charge in [0.15, 0.2) is 0 Å². The number of amides is 1. The van der Waals surface area contributed by atoms with Crippen molar-refractivity contribution in [1.29, 1.82) is 0 Å². The van der Waals surface area contributed by atoms with Gasteiger partial charge in [-0.3, -0.25) is 4.79 Å². The van der Waals surface area contributed by atoms with Gasteiger partial charge in [-0.1, -0.05) is 60.5 Å². The molecule has 4 atom stereocenters. The molecule has 0 N–H and O–H groups in total. The van der Waals surface area contributed by atoms with Gasteiger partial charge in [0, 0.05) is 21.9 Å². The minimum atomic E-state index is -0.688. The summed E-state index contributed by atoms with van der Waals surface area (Å²) in [5, 5.41) is 1.25. The number of hydrogen-bond donors (Lipinski definition) is 0. The van der Waals surface area contributed by atoms with E-state index in [0.29, 0.717) is 29.3 Å². The fraction of sp³-hybridized carbons (Fsp3) is 0.360. The highest BCUT2D eigenvalue weighted by Gasteiger charge is 2.47. The maximum Gasteiger partial charge on any atom is 0.328 e. The highest BCUT2D eigenvalue weighted by Crippen LogP contribution is 2.47. The molecule has 0 aromatic heterocycles. The fourth-order valence-corrected chi connectivity index (χ4v) is 4.87. The summed E-state index contributed by atoms with van der Waals surface area (Å²) in [6, 6.07) is 14.1. The number of likely N-dealkylation sites (tertiary alicyclic amines) is 1. The third kappa shape index (κ3) is 4.97. The van der Waals surface area contributed by atoms with Crippen molar-refractivity contribution in [2.75, 3.05) is 7.11 Å². The van der Waals surface area contributed by atoms with Gasteiger partial charge in [-0.15, -0.1) is 6.58 Å². The number of rotatable bonds is 7. The van der Waals surface area contributed by atoms with Gasteiger partial charge in [0.25, 0.3) is 0 Å². The van der Waals surface area contributed by atoms with Crippen LogP contribution in [-0.4, -0.2) is 29.9 Å². The lowest BCUT2D eigenvalue weighted by Gasteiger charge is -2.47. The van der Waals surface area contributed by atoms with E-state index in [2.05, 4.69) is 6.58 Å². The van der Waals surface area contributed by atoms with Crippen LogP contribution in [0.3, 0.4) is 0 Å². The minimum Gasteiger partial charge on any atom is -0.467 e. The van der Waals surface area contributed by atoms with Gasteiger partial charge in [-0.25, -0.2) is 4.79 Å². The number of halogens is 2. The van der Waals surface area contributed by atoms with Crippen LogP contribution in [0.1, 0.15) is 49.3 Å². The Hall–Kier alpha value is -2.30. The molecule has 0 bridgehead atoms. The zero-order valence-corrected chi connectivity index (χ0v) is 19.3. The summed E-state index contributed by atoms with van der Waals surface area (Å²) < 4.78 is 5.07. The van der Waals surface area contributed by atoms with Crippen LogP contribution >= 0.6 is 23.2 Å². The molecule has 1 fully saturated rings. The van der Waals surface area contributed by atoms with Crippen LogP contribution in [0.4, 0.5) is 0 Å². The number of nitrogens with zero attached hydrogens (tertiary/aromatic N) is 1. The van der Waals surface area contributed by atoms with E-state index in [0.717, 1.165) is 11.1 Å². The maximum atomic E-state index is 13.6. The number of hydrogen-bond acceptors (Lipinski definition) is 3. The van der Waals surface area contributed by atoms with Gasteiger partial charge < -0.3 is 9.64 Å². The smallest absolute Gasteiger partial charge is 0.328 e. The lowest BCUT2D eigenvalue weighted by Crippen LogP contribution is -2.54. The van der Waals surface area contributed by atoms with Crippen LogP contribution in [-0.2, 0) is 14.3 Å². The van der Waals surface area contributed by atoms with Crippen LogP contribution in [0.25, 0.3) is 0 Å². The number of allylic oxidation sites excluding steroid dienone is 1. The summed E-state index contributed by atoms with van der Waals surface area (Å²) in [5.41, 5.74) is 1.95. The monoisotopic (exact) mass is 459 g/mol. The Morgan fingerprint density at radius 1 is 1.19 bits per heavy atom. The van der Waals surface area contributed by atoms with E-state index in [1.807, 2.05) is 55.5 Å². The largest absolute Gasteiger partial charge is 0.467 e. The van der Waals surface area contributed by atoms with E-state index in [9.17, 15) is 9.59 Å². The molecule has 0 aliphatic carbocycles.